The number of ether oxygens (including phenoxy) is 1. The largest absolute Gasteiger partial charge is 0.457 e. The van der Waals surface area contributed by atoms with Crippen LogP contribution in [-0.4, -0.2) is 15.9 Å². The van der Waals surface area contributed by atoms with Gasteiger partial charge in [0, 0.05) is 12.4 Å². The summed E-state index contributed by atoms with van der Waals surface area (Å²) in [4.78, 5) is 24.8. The van der Waals surface area contributed by atoms with Crippen molar-refractivity contribution in [3.63, 3.8) is 0 Å². The SMILES string of the molecule is Cc1cc(C)c2nc(N(Cc3cccnc3)C(=O)c3ccccc3Oc3ccccc3)sc2c1. The number of pyridine rings is 1. The zero-order valence-electron chi connectivity index (χ0n) is 18.9. The highest BCUT2D eigenvalue weighted by Crippen LogP contribution is 2.35. The van der Waals surface area contributed by atoms with E-state index in [2.05, 4.69) is 31.0 Å². The number of para-hydroxylation sites is 2. The molecule has 0 radical (unpaired) electrons. The Labute approximate surface area is 202 Å². The van der Waals surface area contributed by atoms with Crippen LogP contribution in [0.3, 0.4) is 0 Å². The van der Waals surface area contributed by atoms with Gasteiger partial charge in [0.2, 0.25) is 0 Å². The van der Waals surface area contributed by atoms with Gasteiger partial charge in [0.05, 0.1) is 22.3 Å². The van der Waals surface area contributed by atoms with Gasteiger partial charge in [0.1, 0.15) is 11.5 Å². The third-order valence-corrected chi connectivity index (χ3v) is 6.47. The van der Waals surface area contributed by atoms with E-state index in [1.54, 1.807) is 23.4 Å². The van der Waals surface area contributed by atoms with Gasteiger partial charge in [-0.05, 0) is 66.9 Å². The van der Waals surface area contributed by atoms with Crippen molar-refractivity contribution in [1.29, 1.82) is 0 Å². The summed E-state index contributed by atoms with van der Waals surface area (Å²) in [7, 11) is 0. The minimum Gasteiger partial charge on any atom is -0.457 e. The molecule has 0 unspecified atom stereocenters. The fraction of sp³-hybridized carbons (Fsp3) is 0.107. The molecule has 5 rings (SSSR count). The molecule has 0 aliphatic carbocycles. The van der Waals surface area contributed by atoms with E-state index in [-0.39, 0.29) is 5.91 Å². The Morgan fingerprint density at radius 3 is 2.56 bits per heavy atom. The molecule has 34 heavy (non-hydrogen) atoms. The summed E-state index contributed by atoms with van der Waals surface area (Å²) in [6.45, 7) is 4.47. The number of thiazole rings is 1. The number of hydrogen-bond donors (Lipinski definition) is 0. The van der Waals surface area contributed by atoms with E-state index < -0.39 is 0 Å². The summed E-state index contributed by atoms with van der Waals surface area (Å²) < 4.78 is 7.14. The number of anilines is 1. The number of nitrogens with zero attached hydrogens (tertiary/aromatic N) is 3. The lowest BCUT2D eigenvalue weighted by atomic mass is 10.1. The number of rotatable bonds is 6. The molecule has 3 aromatic carbocycles. The highest BCUT2D eigenvalue weighted by atomic mass is 32.1. The van der Waals surface area contributed by atoms with Crippen LogP contribution in [0.2, 0.25) is 0 Å². The van der Waals surface area contributed by atoms with Crippen molar-refractivity contribution >= 4 is 32.6 Å². The average Bonchev–Trinajstić information content (AvgIpc) is 3.28. The highest BCUT2D eigenvalue weighted by molar-refractivity contribution is 7.22. The molecule has 0 fully saturated rings. The summed E-state index contributed by atoms with van der Waals surface area (Å²) >= 11 is 1.52. The molecule has 5 nitrogen and oxygen atoms in total. The van der Waals surface area contributed by atoms with Crippen LogP contribution in [0.5, 0.6) is 11.5 Å². The molecule has 0 aliphatic rings. The normalized spacial score (nSPS) is 10.9. The molecular formula is C28H23N3O2S. The molecule has 6 heteroatoms. The number of aryl methyl sites for hydroxylation is 2. The van der Waals surface area contributed by atoms with Gasteiger partial charge in [-0.25, -0.2) is 4.98 Å². The number of carbonyl (C=O) groups is 1. The van der Waals surface area contributed by atoms with Gasteiger partial charge in [0.15, 0.2) is 5.13 Å². The zero-order valence-corrected chi connectivity index (χ0v) is 19.8. The quantitative estimate of drug-likeness (QED) is 0.272. The average molecular weight is 466 g/mol. The van der Waals surface area contributed by atoms with E-state index in [0.717, 1.165) is 21.3 Å². The number of amides is 1. The van der Waals surface area contributed by atoms with E-state index >= 15 is 0 Å². The molecule has 5 aromatic rings. The fourth-order valence-corrected chi connectivity index (χ4v) is 5.01. The summed E-state index contributed by atoms with van der Waals surface area (Å²) in [6, 6.07) is 24.8. The molecule has 1 amide bonds. The van der Waals surface area contributed by atoms with Crippen molar-refractivity contribution in [2.45, 2.75) is 20.4 Å². The Morgan fingerprint density at radius 1 is 0.971 bits per heavy atom. The fourth-order valence-electron chi connectivity index (χ4n) is 3.87. The predicted octanol–water partition coefficient (Wildman–Crippen LogP) is 6.95. The van der Waals surface area contributed by atoms with Gasteiger partial charge in [-0.1, -0.05) is 53.8 Å². The first-order chi connectivity index (χ1) is 16.6. The second-order valence-corrected chi connectivity index (χ2v) is 9.10. The van der Waals surface area contributed by atoms with Crippen molar-refractivity contribution in [2.24, 2.45) is 0 Å². The standard InChI is InChI=1S/C28H23N3O2S/c1-19-15-20(2)26-25(16-19)34-28(30-26)31(18-21-9-8-14-29-17-21)27(32)23-12-6-7-13-24(23)33-22-10-4-3-5-11-22/h3-17H,18H2,1-2H3. The predicted molar refractivity (Wildman–Crippen MR) is 137 cm³/mol. The summed E-state index contributed by atoms with van der Waals surface area (Å²) in [5.41, 5.74) is 4.58. The Morgan fingerprint density at radius 2 is 1.76 bits per heavy atom. The summed E-state index contributed by atoms with van der Waals surface area (Å²) in [5.74, 6) is 1.000. The number of hydrogen-bond acceptors (Lipinski definition) is 5. The molecule has 2 heterocycles. The highest BCUT2D eigenvalue weighted by Gasteiger charge is 2.25. The Hall–Kier alpha value is -4.03. The van der Waals surface area contributed by atoms with Crippen LogP contribution in [0, 0.1) is 13.8 Å². The van der Waals surface area contributed by atoms with E-state index in [4.69, 9.17) is 9.72 Å². The summed E-state index contributed by atoms with van der Waals surface area (Å²) in [5, 5.41) is 0.645. The number of carbonyl (C=O) groups excluding carboxylic acids is 1. The second-order valence-electron chi connectivity index (χ2n) is 8.09. The smallest absolute Gasteiger partial charge is 0.264 e. The minimum atomic E-state index is -0.177. The van der Waals surface area contributed by atoms with Crippen molar-refractivity contribution in [3.05, 3.63) is 114 Å². The van der Waals surface area contributed by atoms with Crippen molar-refractivity contribution in [1.82, 2.24) is 9.97 Å². The first-order valence-corrected chi connectivity index (χ1v) is 11.8. The topological polar surface area (TPSA) is 55.3 Å². The van der Waals surface area contributed by atoms with Gasteiger partial charge < -0.3 is 4.74 Å². The van der Waals surface area contributed by atoms with Crippen molar-refractivity contribution < 1.29 is 9.53 Å². The second kappa shape index (κ2) is 9.45. The van der Waals surface area contributed by atoms with Crippen LogP contribution in [0.15, 0.2) is 91.3 Å². The molecule has 0 bridgehead atoms. The van der Waals surface area contributed by atoms with E-state index in [1.807, 2.05) is 60.7 Å². The molecule has 0 aliphatic heterocycles. The van der Waals surface area contributed by atoms with Crippen LogP contribution < -0.4 is 9.64 Å². The first-order valence-electron chi connectivity index (χ1n) is 11.0. The summed E-state index contributed by atoms with van der Waals surface area (Å²) in [6.07, 6.45) is 3.50. The molecule has 0 saturated heterocycles. The van der Waals surface area contributed by atoms with Crippen molar-refractivity contribution in [2.75, 3.05) is 4.90 Å². The van der Waals surface area contributed by atoms with Gasteiger partial charge in [0.25, 0.3) is 5.91 Å². The number of benzene rings is 3. The Kier molecular flexibility index (Phi) is 6.06. The maximum absolute atomic E-state index is 14.0. The molecule has 2 aromatic heterocycles. The number of aromatic nitrogens is 2. The third kappa shape index (κ3) is 4.54. The Bertz CT molecular complexity index is 1450. The van der Waals surface area contributed by atoms with Gasteiger partial charge in [-0.3, -0.25) is 14.7 Å². The van der Waals surface area contributed by atoms with Crippen LogP contribution >= 0.6 is 11.3 Å². The van der Waals surface area contributed by atoms with Crippen LogP contribution in [0.4, 0.5) is 5.13 Å². The lowest BCUT2D eigenvalue weighted by Crippen LogP contribution is -2.30. The molecular weight excluding hydrogens is 442 g/mol. The van der Waals surface area contributed by atoms with Gasteiger partial charge in [-0.15, -0.1) is 0 Å². The molecule has 0 saturated carbocycles. The lowest BCUT2D eigenvalue weighted by molar-refractivity contribution is 0.0983. The lowest BCUT2D eigenvalue weighted by Gasteiger charge is -2.21. The Balaban J connectivity index is 1.58. The van der Waals surface area contributed by atoms with E-state index in [0.29, 0.717) is 28.7 Å². The van der Waals surface area contributed by atoms with E-state index in [1.165, 1.54) is 16.9 Å². The zero-order chi connectivity index (χ0) is 23.5. The third-order valence-electron chi connectivity index (χ3n) is 5.45. The monoisotopic (exact) mass is 465 g/mol. The molecule has 168 valence electrons. The molecule has 0 N–H and O–H groups in total. The van der Waals surface area contributed by atoms with Crippen LogP contribution in [0.1, 0.15) is 27.0 Å². The van der Waals surface area contributed by atoms with Gasteiger partial charge >= 0.3 is 0 Å². The minimum absolute atomic E-state index is 0.177. The maximum atomic E-state index is 14.0. The number of fused-ring (bicyclic) bond motifs is 1. The van der Waals surface area contributed by atoms with Crippen molar-refractivity contribution in [3.8, 4) is 11.5 Å². The van der Waals surface area contributed by atoms with E-state index in [9.17, 15) is 4.79 Å². The van der Waals surface area contributed by atoms with Gasteiger partial charge in [-0.2, -0.15) is 0 Å². The maximum Gasteiger partial charge on any atom is 0.264 e. The molecule has 0 atom stereocenters. The first kappa shape index (κ1) is 21.8. The molecule has 0 spiro atoms. The van der Waals surface area contributed by atoms with Crippen LogP contribution in [-0.2, 0) is 6.54 Å². The van der Waals surface area contributed by atoms with Crippen LogP contribution in [0.25, 0.3) is 10.2 Å².